The van der Waals surface area contributed by atoms with Gasteiger partial charge in [-0.05, 0) is 22.6 Å². The van der Waals surface area contributed by atoms with Crippen molar-refractivity contribution in [3.8, 4) is 0 Å². The van der Waals surface area contributed by atoms with E-state index in [1.165, 1.54) is 4.31 Å². The Morgan fingerprint density at radius 2 is 1.56 bits per heavy atom. The summed E-state index contributed by atoms with van der Waals surface area (Å²) < 4.78 is 27.0. The highest BCUT2D eigenvalue weighted by Gasteiger charge is 2.29. The van der Waals surface area contributed by atoms with Crippen molar-refractivity contribution < 1.29 is 13.2 Å². The fourth-order valence-corrected chi connectivity index (χ4v) is 6.22. The number of rotatable bonds is 8. The lowest BCUT2D eigenvalue weighted by molar-refractivity contribution is -0.131. The maximum atomic E-state index is 12.8. The third-order valence-electron chi connectivity index (χ3n) is 5.59. The first kappa shape index (κ1) is 22.7. The summed E-state index contributed by atoms with van der Waals surface area (Å²) in [4.78, 5) is 15.8. The zero-order valence-electron chi connectivity index (χ0n) is 17.8. The van der Waals surface area contributed by atoms with Crippen LogP contribution in [0.5, 0.6) is 0 Å². The quantitative estimate of drug-likeness (QED) is 0.550. The predicted octanol–water partition coefficient (Wildman–Crippen LogP) is 3.10. The number of nitrogens with one attached hydrogen (secondary N) is 1. The van der Waals surface area contributed by atoms with Crippen LogP contribution in [0.4, 0.5) is 0 Å². The van der Waals surface area contributed by atoms with Gasteiger partial charge in [-0.2, -0.15) is 4.31 Å². The molecule has 3 aromatic rings. The zero-order valence-corrected chi connectivity index (χ0v) is 19.4. The first-order valence-corrected chi connectivity index (χ1v) is 13.1. The molecule has 0 saturated carbocycles. The van der Waals surface area contributed by atoms with Crippen LogP contribution in [0, 0.1) is 0 Å². The Morgan fingerprint density at radius 1 is 0.906 bits per heavy atom. The van der Waals surface area contributed by atoms with Gasteiger partial charge in [0.15, 0.2) is 0 Å². The van der Waals surface area contributed by atoms with Crippen molar-refractivity contribution in [1.29, 1.82) is 0 Å². The fourth-order valence-electron chi connectivity index (χ4n) is 3.88. The minimum Gasteiger partial charge on any atom is -0.339 e. The van der Waals surface area contributed by atoms with Gasteiger partial charge in [-0.15, -0.1) is 11.3 Å². The number of hydrogen-bond donors (Lipinski definition) is 1. The Bertz CT molecular complexity index is 1100. The Hall–Kier alpha value is -2.52. The molecule has 1 saturated heterocycles. The van der Waals surface area contributed by atoms with Crippen LogP contribution in [0.15, 0.2) is 78.2 Å². The van der Waals surface area contributed by atoms with Gasteiger partial charge in [-0.1, -0.05) is 66.7 Å². The monoisotopic (exact) mass is 469 g/mol. The summed E-state index contributed by atoms with van der Waals surface area (Å²) in [6.07, 6.45) is 0. The molecule has 1 aliphatic heterocycles. The number of sulfonamides is 1. The number of thiophene rings is 1. The van der Waals surface area contributed by atoms with Gasteiger partial charge >= 0.3 is 0 Å². The molecule has 0 aliphatic carbocycles. The molecule has 1 aromatic heterocycles. The van der Waals surface area contributed by atoms with Gasteiger partial charge in [-0.3, -0.25) is 10.1 Å². The molecule has 2 aromatic carbocycles. The van der Waals surface area contributed by atoms with Crippen LogP contribution in [0.3, 0.4) is 0 Å². The number of benzene rings is 2. The van der Waals surface area contributed by atoms with E-state index in [1.54, 1.807) is 16.2 Å². The lowest BCUT2D eigenvalue weighted by atomic mass is 10.1. The topological polar surface area (TPSA) is 69.7 Å². The molecule has 6 nitrogen and oxygen atoms in total. The normalized spacial score (nSPS) is 16.1. The summed E-state index contributed by atoms with van der Waals surface area (Å²) in [6.45, 7) is 1.67. The molecule has 4 rings (SSSR count). The maximum Gasteiger partial charge on any atom is 0.236 e. The van der Waals surface area contributed by atoms with E-state index in [1.807, 2.05) is 60.0 Å². The van der Waals surface area contributed by atoms with Gasteiger partial charge in [0.05, 0.1) is 18.3 Å². The highest BCUT2D eigenvalue weighted by atomic mass is 32.2. The lowest BCUT2D eigenvalue weighted by Gasteiger charge is -2.34. The van der Waals surface area contributed by atoms with Crippen LogP contribution in [0.2, 0.25) is 0 Å². The van der Waals surface area contributed by atoms with Gasteiger partial charge in [0.25, 0.3) is 0 Å². The second-order valence-electron chi connectivity index (χ2n) is 7.76. The molecule has 1 atom stereocenters. The molecule has 32 heavy (non-hydrogen) atoms. The molecule has 1 amide bonds. The third kappa shape index (κ3) is 5.63. The molecule has 0 bridgehead atoms. The number of carbonyl (C=O) groups excluding carboxylic acids is 1. The summed E-state index contributed by atoms with van der Waals surface area (Å²) in [5.74, 6) is -0.0225. The second-order valence-corrected chi connectivity index (χ2v) is 10.7. The van der Waals surface area contributed by atoms with Crippen molar-refractivity contribution in [3.05, 3.63) is 94.2 Å². The number of amides is 1. The van der Waals surface area contributed by atoms with E-state index in [9.17, 15) is 13.2 Å². The van der Waals surface area contributed by atoms with Gasteiger partial charge in [0.2, 0.25) is 15.9 Å². The Kier molecular flexibility index (Phi) is 7.36. The molecule has 2 heterocycles. The first-order chi connectivity index (χ1) is 15.5. The van der Waals surface area contributed by atoms with Crippen molar-refractivity contribution >= 4 is 27.3 Å². The smallest absolute Gasteiger partial charge is 0.236 e. The molecule has 1 fully saturated rings. The second kappa shape index (κ2) is 10.4. The summed E-state index contributed by atoms with van der Waals surface area (Å²) in [7, 11) is -3.40. The van der Waals surface area contributed by atoms with Gasteiger partial charge in [0, 0.05) is 31.1 Å². The number of carbonyl (C=O) groups is 1. The minimum absolute atomic E-state index is 0.0110. The fraction of sp³-hybridized carbons (Fsp3) is 0.292. The third-order valence-corrected chi connectivity index (χ3v) is 8.38. The van der Waals surface area contributed by atoms with Crippen molar-refractivity contribution in [2.24, 2.45) is 0 Å². The molecular formula is C24H27N3O3S2. The number of hydrogen-bond acceptors (Lipinski definition) is 5. The van der Waals surface area contributed by atoms with Crippen LogP contribution in [0.25, 0.3) is 0 Å². The van der Waals surface area contributed by atoms with Crippen molar-refractivity contribution in [2.45, 2.75) is 11.8 Å². The maximum absolute atomic E-state index is 12.8. The summed E-state index contributed by atoms with van der Waals surface area (Å²) in [5, 5.41) is 5.43. The molecule has 0 spiro atoms. The summed E-state index contributed by atoms with van der Waals surface area (Å²) in [6, 6.07) is 23.3. The predicted molar refractivity (Wildman–Crippen MR) is 128 cm³/mol. The van der Waals surface area contributed by atoms with E-state index >= 15 is 0 Å². The Balaban J connectivity index is 1.32. The zero-order chi connectivity index (χ0) is 22.4. The Morgan fingerprint density at radius 3 is 2.19 bits per heavy atom. The first-order valence-electron chi connectivity index (χ1n) is 10.6. The highest BCUT2D eigenvalue weighted by molar-refractivity contribution is 7.88. The van der Waals surface area contributed by atoms with Gasteiger partial charge in [0.1, 0.15) is 0 Å². The van der Waals surface area contributed by atoms with E-state index in [2.05, 4.69) is 23.5 Å². The van der Waals surface area contributed by atoms with E-state index in [-0.39, 0.29) is 24.2 Å². The number of piperazine rings is 1. The number of nitrogens with zero attached hydrogens (tertiary/aromatic N) is 2. The van der Waals surface area contributed by atoms with Crippen LogP contribution >= 0.6 is 11.3 Å². The van der Waals surface area contributed by atoms with E-state index in [4.69, 9.17) is 0 Å². The van der Waals surface area contributed by atoms with E-state index < -0.39 is 10.0 Å². The van der Waals surface area contributed by atoms with Crippen molar-refractivity contribution in [2.75, 3.05) is 32.7 Å². The molecule has 0 radical (unpaired) electrons. The summed E-state index contributed by atoms with van der Waals surface area (Å²) in [5.41, 5.74) is 1.88. The largest absolute Gasteiger partial charge is 0.339 e. The van der Waals surface area contributed by atoms with E-state index in [0.717, 1.165) is 16.0 Å². The molecule has 0 unspecified atom stereocenters. The molecular weight excluding hydrogens is 442 g/mol. The van der Waals surface area contributed by atoms with Crippen LogP contribution in [-0.4, -0.2) is 56.3 Å². The van der Waals surface area contributed by atoms with Crippen LogP contribution < -0.4 is 5.32 Å². The molecule has 168 valence electrons. The average molecular weight is 470 g/mol. The SMILES string of the molecule is O=C(CN[C@@H](c1ccccc1)c1cccs1)N1CCN(S(=O)(=O)Cc2ccccc2)CC1. The van der Waals surface area contributed by atoms with Crippen molar-refractivity contribution in [3.63, 3.8) is 0 Å². The molecule has 1 aliphatic rings. The van der Waals surface area contributed by atoms with Gasteiger partial charge in [-0.25, -0.2) is 8.42 Å². The highest BCUT2D eigenvalue weighted by Crippen LogP contribution is 2.25. The molecule has 8 heteroatoms. The van der Waals surface area contributed by atoms with E-state index in [0.29, 0.717) is 26.2 Å². The summed E-state index contributed by atoms with van der Waals surface area (Å²) >= 11 is 1.66. The van der Waals surface area contributed by atoms with Gasteiger partial charge < -0.3 is 4.90 Å². The average Bonchev–Trinajstić information content (AvgIpc) is 3.35. The van der Waals surface area contributed by atoms with Crippen molar-refractivity contribution in [1.82, 2.24) is 14.5 Å². The lowest BCUT2D eigenvalue weighted by Crippen LogP contribution is -2.52. The van der Waals surface area contributed by atoms with Crippen LogP contribution in [0.1, 0.15) is 22.0 Å². The molecule has 1 N–H and O–H groups in total. The minimum atomic E-state index is -3.40. The van der Waals surface area contributed by atoms with Crippen LogP contribution in [-0.2, 0) is 20.6 Å². The standard InChI is InChI=1S/C24H27N3O3S2/c28-23(18-25-24(22-12-7-17-31-22)21-10-5-2-6-11-21)26-13-15-27(16-14-26)32(29,30)19-20-8-3-1-4-9-20/h1-12,17,24-25H,13-16,18-19H2/t24-/m0/s1. The Labute approximate surface area is 193 Å².